The fraction of sp³-hybridized carbons (Fsp3) is 0.300. The molecule has 0 unspecified atom stereocenters. The number of carbonyl (C=O) groups is 2. The lowest BCUT2D eigenvalue weighted by Gasteiger charge is -2.09. The van der Waals surface area contributed by atoms with Crippen molar-refractivity contribution >= 4 is 11.7 Å². The lowest BCUT2D eigenvalue weighted by atomic mass is 10.1. The molecule has 2 rings (SSSR count). The Labute approximate surface area is 156 Å². The van der Waals surface area contributed by atoms with Crippen LogP contribution in [-0.2, 0) is 11.2 Å². The third-order valence-corrected chi connectivity index (χ3v) is 3.75. The smallest absolute Gasteiger partial charge is 0.387 e. The molecule has 0 atom stereocenters. The highest BCUT2D eigenvalue weighted by atomic mass is 19.3. The molecule has 0 radical (unpaired) electrons. The maximum Gasteiger partial charge on any atom is 0.387 e. The second kappa shape index (κ2) is 10.3. The van der Waals surface area contributed by atoms with Crippen LogP contribution in [0.4, 0.5) is 8.78 Å². The van der Waals surface area contributed by atoms with Gasteiger partial charge in [0, 0.05) is 18.5 Å². The van der Waals surface area contributed by atoms with Crippen LogP contribution in [0.15, 0.2) is 48.5 Å². The average Bonchev–Trinajstić information content (AvgIpc) is 2.67. The molecule has 5 nitrogen and oxygen atoms in total. The summed E-state index contributed by atoms with van der Waals surface area (Å²) < 4.78 is 33.8. The van der Waals surface area contributed by atoms with Gasteiger partial charge in [-0.25, -0.2) is 0 Å². The second-order valence-electron chi connectivity index (χ2n) is 5.71. The Morgan fingerprint density at radius 1 is 1.00 bits per heavy atom. The van der Waals surface area contributed by atoms with Crippen molar-refractivity contribution in [2.75, 3.05) is 13.2 Å². The van der Waals surface area contributed by atoms with Crippen LogP contribution >= 0.6 is 0 Å². The molecule has 0 saturated carbocycles. The zero-order valence-electron chi connectivity index (χ0n) is 14.9. The van der Waals surface area contributed by atoms with Gasteiger partial charge in [0.15, 0.2) is 12.4 Å². The van der Waals surface area contributed by atoms with Gasteiger partial charge in [0.25, 0.3) is 5.91 Å². The molecule has 2 aromatic rings. The predicted octanol–water partition coefficient (Wildman–Crippen LogP) is 3.62. The second-order valence-corrected chi connectivity index (χ2v) is 5.71. The summed E-state index contributed by atoms with van der Waals surface area (Å²) in [7, 11) is 0. The normalized spacial score (nSPS) is 10.5. The lowest BCUT2D eigenvalue weighted by molar-refractivity contribution is -0.123. The predicted molar refractivity (Wildman–Crippen MR) is 96.3 cm³/mol. The van der Waals surface area contributed by atoms with Crippen LogP contribution in [0, 0.1) is 0 Å². The van der Waals surface area contributed by atoms with Gasteiger partial charge in [-0.1, -0.05) is 19.1 Å². The highest BCUT2D eigenvalue weighted by Gasteiger charge is 2.06. The van der Waals surface area contributed by atoms with Gasteiger partial charge in [0.1, 0.15) is 11.5 Å². The van der Waals surface area contributed by atoms with Gasteiger partial charge < -0.3 is 14.8 Å². The minimum Gasteiger partial charge on any atom is -0.484 e. The number of ether oxygens (including phenoxy) is 2. The quantitative estimate of drug-likeness (QED) is 0.643. The topological polar surface area (TPSA) is 64.6 Å². The van der Waals surface area contributed by atoms with E-state index in [1.165, 1.54) is 12.1 Å². The van der Waals surface area contributed by atoms with E-state index in [0.29, 0.717) is 30.7 Å². The molecule has 0 aliphatic rings. The third kappa shape index (κ3) is 7.05. The van der Waals surface area contributed by atoms with E-state index in [2.05, 4.69) is 10.1 Å². The number of halogens is 2. The van der Waals surface area contributed by atoms with Crippen LogP contribution in [0.2, 0.25) is 0 Å². The van der Waals surface area contributed by atoms with Gasteiger partial charge in [-0.15, -0.1) is 0 Å². The van der Waals surface area contributed by atoms with Gasteiger partial charge in [0.05, 0.1) is 0 Å². The number of benzene rings is 2. The Bertz CT molecular complexity index is 746. The fourth-order valence-electron chi connectivity index (χ4n) is 2.32. The van der Waals surface area contributed by atoms with Crippen molar-refractivity contribution in [3.05, 3.63) is 59.7 Å². The van der Waals surface area contributed by atoms with Crippen molar-refractivity contribution < 1.29 is 27.8 Å². The van der Waals surface area contributed by atoms with Crippen LogP contribution in [0.1, 0.15) is 29.3 Å². The van der Waals surface area contributed by atoms with Gasteiger partial charge in [-0.3, -0.25) is 9.59 Å². The number of rotatable bonds is 10. The molecule has 1 amide bonds. The van der Waals surface area contributed by atoms with Crippen LogP contribution < -0.4 is 14.8 Å². The molecule has 0 bridgehead atoms. The van der Waals surface area contributed by atoms with Crippen LogP contribution in [0.25, 0.3) is 0 Å². The first-order valence-corrected chi connectivity index (χ1v) is 8.54. The Balaban J connectivity index is 1.69. The number of ketones is 1. The van der Waals surface area contributed by atoms with Gasteiger partial charge in [-0.2, -0.15) is 8.78 Å². The van der Waals surface area contributed by atoms with E-state index in [4.69, 9.17) is 4.74 Å². The van der Waals surface area contributed by atoms with Crippen molar-refractivity contribution in [2.24, 2.45) is 0 Å². The molecular weight excluding hydrogens is 356 g/mol. The Morgan fingerprint density at radius 3 is 2.22 bits per heavy atom. The van der Waals surface area contributed by atoms with E-state index < -0.39 is 6.61 Å². The number of hydrogen-bond donors (Lipinski definition) is 1. The molecule has 144 valence electrons. The largest absolute Gasteiger partial charge is 0.484 e. The first-order chi connectivity index (χ1) is 13.0. The van der Waals surface area contributed by atoms with E-state index in [1.54, 1.807) is 43.3 Å². The molecule has 0 aliphatic carbocycles. The van der Waals surface area contributed by atoms with Gasteiger partial charge >= 0.3 is 6.61 Å². The monoisotopic (exact) mass is 377 g/mol. The Kier molecular flexibility index (Phi) is 7.73. The van der Waals surface area contributed by atoms with E-state index in [9.17, 15) is 18.4 Å². The molecule has 7 heteroatoms. The fourth-order valence-corrected chi connectivity index (χ4v) is 2.32. The molecule has 2 aromatic carbocycles. The summed E-state index contributed by atoms with van der Waals surface area (Å²) in [5.41, 5.74) is 1.49. The van der Waals surface area contributed by atoms with Crippen molar-refractivity contribution in [2.45, 2.75) is 26.4 Å². The average molecular weight is 377 g/mol. The van der Waals surface area contributed by atoms with E-state index in [0.717, 1.165) is 5.56 Å². The summed E-state index contributed by atoms with van der Waals surface area (Å²) in [5, 5.41) is 2.72. The van der Waals surface area contributed by atoms with Crippen LogP contribution in [-0.4, -0.2) is 31.5 Å². The molecule has 27 heavy (non-hydrogen) atoms. The summed E-state index contributed by atoms with van der Waals surface area (Å²) >= 11 is 0. The molecule has 0 heterocycles. The third-order valence-electron chi connectivity index (χ3n) is 3.75. The van der Waals surface area contributed by atoms with E-state index in [-0.39, 0.29) is 24.0 Å². The number of hydrogen-bond acceptors (Lipinski definition) is 4. The van der Waals surface area contributed by atoms with Crippen molar-refractivity contribution in [3.63, 3.8) is 0 Å². The summed E-state index contributed by atoms with van der Waals surface area (Å²) in [6.45, 7) is -0.801. The lowest BCUT2D eigenvalue weighted by Crippen LogP contribution is -2.30. The number of alkyl halides is 2. The highest BCUT2D eigenvalue weighted by molar-refractivity contribution is 5.95. The summed E-state index contributed by atoms with van der Waals surface area (Å²) in [5.74, 6) is 0.375. The molecule has 1 N–H and O–H groups in total. The molecule has 0 spiro atoms. The molecular formula is C20H21F2NO4. The number of nitrogens with one attached hydrogen (secondary N) is 1. The van der Waals surface area contributed by atoms with Crippen molar-refractivity contribution in [3.8, 4) is 11.5 Å². The standard InChI is InChI=1S/C20H21F2NO4/c1-2-18(24)15-5-9-16(10-6-15)26-13-19(25)23-12-11-14-3-7-17(8-4-14)27-20(21)22/h3-10,20H,2,11-13H2,1H3,(H,23,25). The number of carbonyl (C=O) groups excluding carboxylic acids is 2. The zero-order chi connectivity index (χ0) is 19.6. The summed E-state index contributed by atoms with van der Waals surface area (Å²) in [6, 6.07) is 12.9. The highest BCUT2D eigenvalue weighted by Crippen LogP contribution is 2.15. The Morgan fingerprint density at radius 2 is 1.63 bits per heavy atom. The molecule has 0 fully saturated rings. The SMILES string of the molecule is CCC(=O)c1ccc(OCC(=O)NCCc2ccc(OC(F)F)cc2)cc1. The first-order valence-electron chi connectivity index (χ1n) is 8.54. The molecule has 0 aliphatic heterocycles. The van der Waals surface area contributed by atoms with Gasteiger partial charge in [0.2, 0.25) is 0 Å². The number of amides is 1. The zero-order valence-corrected chi connectivity index (χ0v) is 14.9. The number of Topliss-reactive ketones (excluding diaryl/α,β-unsaturated/α-hetero) is 1. The van der Waals surface area contributed by atoms with E-state index in [1.807, 2.05) is 0 Å². The molecule has 0 aromatic heterocycles. The van der Waals surface area contributed by atoms with Crippen LogP contribution in [0.3, 0.4) is 0 Å². The molecule has 0 saturated heterocycles. The van der Waals surface area contributed by atoms with Crippen molar-refractivity contribution in [1.82, 2.24) is 5.32 Å². The summed E-state index contributed by atoms with van der Waals surface area (Å²) in [4.78, 5) is 23.4. The minimum atomic E-state index is -2.85. The first kappa shape index (κ1) is 20.4. The van der Waals surface area contributed by atoms with E-state index >= 15 is 0 Å². The minimum absolute atomic E-state index is 0.0492. The van der Waals surface area contributed by atoms with Crippen LogP contribution in [0.5, 0.6) is 11.5 Å². The Hall–Kier alpha value is -2.96. The van der Waals surface area contributed by atoms with Crippen molar-refractivity contribution in [1.29, 1.82) is 0 Å². The maximum absolute atomic E-state index is 12.1. The van der Waals surface area contributed by atoms with Gasteiger partial charge in [-0.05, 0) is 48.4 Å². The summed E-state index contributed by atoms with van der Waals surface area (Å²) in [6.07, 6.45) is 0.985. The maximum atomic E-state index is 12.1.